The molecule has 1 aromatic carbocycles. The number of nitrogens with one attached hydrogen (secondary N) is 1. The quantitative estimate of drug-likeness (QED) is 0.820. The molecule has 1 N–H and O–H groups in total. The van der Waals surface area contributed by atoms with E-state index in [0.717, 1.165) is 22.7 Å². The van der Waals surface area contributed by atoms with E-state index in [2.05, 4.69) is 23.3 Å². The standard InChI is InChI=1S/C23H29FN2O/c1-13(2)23(27)26-14(3)15-8-16-10-18(11-17(16)9-15)20-6-7-25-22-5-4-19(24)12-21(20)22/h4-7,12-18H,8-11H2,1-3H3,(H,26,27)/t14?,15?,16-,17+,18?. The highest BCUT2D eigenvalue weighted by Gasteiger charge is 2.43. The minimum absolute atomic E-state index is 0.0399. The maximum absolute atomic E-state index is 13.8. The van der Waals surface area contributed by atoms with Crippen molar-refractivity contribution >= 4 is 16.8 Å². The third kappa shape index (κ3) is 3.59. The number of carbonyl (C=O) groups is 1. The van der Waals surface area contributed by atoms with Gasteiger partial charge < -0.3 is 5.32 Å². The summed E-state index contributed by atoms with van der Waals surface area (Å²) in [5.41, 5.74) is 2.14. The van der Waals surface area contributed by atoms with Crippen LogP contribution in [0, 0.1) is 29.5 Å². The SMILES string of the molecule is CC(C)C(=O)NC(C)C1C[C@H]2CC(c3ccnc4ccc(F)cc34)C[C@H]2C1. The molecule has 144 valence electrons. The molecule has 0 spiro atoms. The van der Waals surface area contributed by atoms with E-state index in [1.165, 1.54) is 37.3 Å². The molecule has 4 heteroatoms. The highest BCUT2D eigenvalue weighted by atomic mass is 19.1. The Kier molecular flexibility index (Phi) is 4.92. The van der Waals surface area contributed by atoms with E-state index in [0.29, 0.717) is 11.8 Å². The molecule has 0 saturated heterocycles. The van der Waals surface area contributed by atoms with Crippen LogP contribution in [0.4, 0.5) is 4.39 Å². The Labute approximate surface area is 160 Å². The van der Waals surface area contributed by atoms with Gasteiger partial charge >= 0.3 is 0 Å². The summed E-state index contributed by atoms with van der Waals surface area (Å²) >= 11 is 0. The second-order valence-corrected chi connectivity index (χ2v) is 8.93. The van der Waals surface area contributed by atoms with E-state index in [9.17, 15) is 9.18 Å². The molecule has 3 nitrogen and oxygen atoms in total. The number of hydrogen-bond donors (Lipinski definition) is 1. The number of nitrogens with zero attached hydrogens (tertiary/aromatic N) is 1. The molecular weight excluding hydrogens is 339 g/mol. The topological polar surface area (TPSA) is 42.0 Å². The van der Waals surface area contributed by atoms with Gasteiger partial charge in [0.2, 0.25) is 5.91 Å². The fourth-order valence-electron chi connectivity index (χ4n) is 5.33. The molecule has 27 heavy (non-hydrogen) atoms. The number of amides is 1. The fraction of sp³-hybridized carbons (Fsp3) is 0.565. The molecule has 2 fully saturated rings. The number of halogens is 1. The van der Waals surface area contributed by atoms with Crippen LogP contribution in [0.25, 0.3) is 10.9 Å². The van der Waals surface area contributed by atoms with Gasteiger partial charge in [-0.3, -0.25) is 9.78 Å². The van der Waals surface area contributed by atoms with Gasteiger partial charge in [0.1, 0.15) is 5.82 Å². The minimum atomic E-state index is -0.190. The predicted octanol–water partition coefficient (Wildman–Crippen LogP) is 5.05. The predicted molar refractivity (Wildman–Crippen MR) is 106 cm³/mol. The van der Waals surface area contributed by atoms with Gasteiger partial charge in [0.15, 0.2) is 0 Å². The van der Waals surface area contributed by atoms with Crippen LogP contribution in [0.5, 0.6) is 0 Å². The summed E-state index contributed by atoms with van der Waals surface area (Å²) in [4.78, 5) is 16.4. The van der Waals surface area contributed by atoms with Crippen LogP contribution in [-0.2, 0) is 4.79 Å². The average molecular weight is 368 g/mol. The number of pyridine rings is 1. The van der Waals surface area contributed by atoms with E-state index in [4.69, 9.17) is 0 Å². The summed E-state index contributed by atoms with van der Waals surface area (Å²) < 4.78 is 13.8. The zero-order valence-electron chi connectivity index (χ0n) is 16.4. The van der Waals surface area contributed by atoms with Crippen molar-refractivity contribution in [2.45, 2.75) is 58.4 Å². The van der Waals surface area contributed by atoms with E-state index in [1.54, 1.807) is 12.1 Å². The molecule has 0 bridgehead atoms. The lowest BCUT2D eigenvalue weighted by Crippen LogP contribution is -2.39. The number of fused-ring (bicyclic) bond motifs is 2. The summed E-state index contributed by atoms with van der Waals surface area (Å²) in [7, 11) is 0. The molecule has 1 amide bonds. The third-order valence-corrected chi connectivity index (χ3v) is 6.83. The van der Waals surface area contributed by atoms with Crippen molar-refractivity contribution in [1.82, 2.24) is 10.3 Å². The van der Waals surface area contributed by atoms with E-state index < -0.39 is 0 Å². The first kappa shape index (κ1) is 18.4. The molecular formula is C23H29FN2O. The lowest BCUT2D eigenvalue weighted by atomic mass is 9.88. The van der Waals surface area contributed by atoms with Crippen molar-refractivity contribution < 1.29 is 9.18 Å². The Balaban J connectivity index is 1.45. The number of hydrogen-bond acceptors (Lipinski definition) is 2. The van der Waals surface area contributed by atoms with E-state index in [1.807, 2.05) is 20.0 Å². The zero-order valence-corrected chi connectivity index (χ0v) is 16.4. The van der Waals surface area contributed by atoms with Gasteiger partial charge in [-0.05, 0) is 86.1 Å². The number of carbonyl (C=O) groups excluding carboxylic acids is 1. The van der Waals surface area contributed by atoms with Gasteiger partial charge in [-0.2, -0.15) is 0 Å². The van der Waals surface area contributed by atoms with Gasteiger partial charge in [0.05, 0.1) is 5.52 Å². The van der Waals surface area contributed by atoms with Gasteiger partial charge in [-0.25, -0.2) is 4.39 Å². The van der Waals surface area contributed by atoms with Crippen molar-refractivity contribution in [1.29, 1.82) is 0 Å². The highest BCUT2D eigenvalue weighted by molar-refractivity contribution is 5.82. The smallest absolute Gasteiger partial charge is 0.222 e. The summed E-state index contributed by atoms with van der Waals surface area (Å²) in [6, 6.07) is 7.23. The first-order chi connectivity index (χ1) is 12.9. The first-order valence-corrected chi connectivity index (χ1v) is 10.3. The molecule has 1 heterocycles. The summed E-state index contributed by atoms with van der Waals surface area (Å²) in [5, 5.41) is 4.16. The first-order valence-electron chi connectivity index (χ1n) is 10.3. The molecule has 0 aliphatic heterocycles. The minimum Gasteiger partial charge on any atom is -0.353 e. The number of rotatable bonds is 4. The van der Waals surface area contributed by atoms with Gasteiger partial charge in [0.25, 0.3) is 0 Å². The van der Waals surface area contributed by atoms with Crippen LogP contribution in [0.3, 0.4) is 0 Å². The fourth-order valence-corrected chi connectivity index (χ4v) is 5.33. The largest absolute Gasteiger partial charge is 0.353 e. The molecule has 2 aliphatic carbocycles. The van der Waals surface area contributed by atoms with E-state index >= 15 is 0 Å². The highest BCUT2D eigenvalue weighted by Crippen LogP contribution is 2.53. The van der Waals surface area contributed by atoms with Crippen molar-refractivity contribution in [3.63, 3.8) is 0 Å². The molecule has 1 aromatic heterocycles. The van der Waals surface area contributed by atoms with Crippen LogP contribution < -0.4 is 5.32 Å². The van der Waals surface area contributed by atoms with Crippen molar-refractivity contribution in [2.24, 2.45) is 23.7 Å². The zero-order chi connectivity index (χ0) is 19.1. The van der Waals surface area contributed by atoms with E-state index in [-0.39, 0.29) is 23.7 Å². The second-order valence-electron chi connectivity index (χ2n) is 8.93. The maximum Gasteiger partial charge on any atom is 0.222 e. The van der Waals surface area contributed by atoms with Crippen LogP contribution in [0.2, 0.25) is 0 Å². The van der Waals surface area contributed by atoms with Crippen LogP contribution in [0.15, 0.2) is 30.5 Å². The normalized spacial score (nSPS) is 28.5. The Bertz CT molecular complexity index is 835. The monoisotopic (exact) mass is 368 g/mol. The van der Waals surface area contributed by atoms with Crippen molar-refractivity contribution in [2.75, 3.05) is 0 Å². The van der Waals surface area contributed by atoms with Gasteiger partial charge in [-0.1, -0.05) is 13.8 Å². The van der Waals surface area contributed by atoms with Crippen LogP contribution in [-0.4, -0.2) is 16.9 Å². The van der Waals surface area contributed by atoms with Crippen LogP contribution in [0.1, 0.15) is 57.9 Å². The third-order valence-electron chi connectivity index (χ3n) is 6.83. The maximum atomic E-state index is 13.8. The lowest BCUT2D eigenvalue weighted by Gasteiger charge is -2.23. The lowest BCUT2D eigenvalue weighted by molar-refractivity contribution is -0.124. The molecule has 4 rings (SSSR count). The van der Waals surface area contributed by atoms with Gasteiger partial charge in [-0.15, -0.1) is 0 Å². The molecule has 0 radical (unpaired) electrons. The Morgan fingerprint density at radius 2 is 1.81 bits per heavy atom. The Morgan fingerprint density at radius 1 is 1.11 bits per heavy atom. The summed E-state index contributed by atoms with van der Waals surface area (Å²) in [5.74, 6) is 2.51. The summed E-state index contributed by atoms with van der Waals surface area (Å²) in [6.45, 7) is 6.04. The molecule has 5 atom stereocenters. The molecule has 3 unspecified atom stereocenters. The molecule has 2 saturated carbocycles. The van der Waals surface area contributed by atoms with Crippen molar-refractivity contribution in [3.8, 4) is 0 Å². The summed E-state index contributed by atoms with van der Waals surface area (Å²) in [6.07, 6.45) is 6.58. The number of aromatic nitrogens is 1. The average Bonchev–Trinajstić information content (AvgIpc) is 3.20. The van der Waals surface area contributed by atoms with Crippen LogP contribution >= 0.6 is 0 Å². The molecule has 2 aromatic rings. The number of benzene rings is 1. The molecule has 2 aliphatic rings. The second kappa shape index (κ2) is 7.21. The Morgan fingerprint density at radius 3 is 2.48 bits per heavy atom. The Hall–Kier alpha value is -1.97. The van der Waals surface area contributed by atoms with Crippen molar-refractivity contribution in [3.05, 3.63) is 41.8 Å². The van der Waals surface area contributed by atoms with Gasteiger partial charge in [0, 0.05) is 23.5 Å².